The van der Waals surface area contributed by atoms with Crippen molar-refractivity contribution in [3.05, 3.63) is 95.2 Å². The Hall–Kier alpha value is -3.12. The monoisotopic (exact) mass is 408 g/mol. The van der Waals surface area contributed by atoms with Crippen molar-refractivity contribution in [3.63, 3.8) is 0 Å². The van der Waals surface area contributed by atoms with E-state index < -0.39 is 0 Å². The minimum Gasteiger partial charge on any atom is -0.468 e. The number of hydrogen-bond donors (Lipinski definition) is 2. The van der Waals surface area contributed by atoms with Crippen molar-refractivity contribution in [3.8, 4) is 0 Å². The van der Waals surface area contributed by atoms with E-state index in [2.05, 4.69) is 45.8 Å². The zero-order chi connectivity index (χ0) is 21.2. The van der Waals surface area contributed by atoms with Crippen molar-refractivity contribution in [2.75, 3.05) is 20.6 Å². The summed E-state index contributed by atoms with van der Waals surface area (Å²) in [5.74, 6) is 1.48. The van der Waals surface area contributed by atoms with Crippen LogP contribution in [0.5, 0.6) is 0 Å². The van der Waals surface area contributed by atoms with E-state index in [0.717, 1.165) is 36.8 Å². The molecule has 1 heterocycles. The standard InChI is InChI=1S/C24H29FN4O/c1-26-24(27-13-12-19-7-5-10-22(25)15-19)28-16-20-8-3-4-9-21(20)17-29(2)18-23-11-6-14-30-23/h3-11,14-15H,12-13,16-18H2,1-2H3,(H2,26,27,28). The molecule has 2 aromatic carbocycles. The summed E-state index contributed by atoms with van der Waals surface area (Å²) in [6, 6.07) is 19.0. The maximum atomic E-state index is 13.3. The van der Waals surface area contributed by atoms with E-state index in [1.54, 1.807) is 25.4 Å². The first-order valence-electron chi connectivity index (χ1n) is 10.1. The van der Waals surface area contributed by atoms with E-state index in [4.69, 9.17) is 4.42 Å². The molecule has 158 valence electrons. The molecule has 2 N–H and O–H groups in total. The van der Waals surface area contributed by atoms with Crippen molar-refractivity contribution in [1.29, 1.82) is 0 Å². The highest BCUT2D eigenvalue weighted by molar-refractivity contribution is 5.79. The van der Waals surface area contributed by atoms with Crippen molar-refractivity contribution in [2.24, 2.45) is 4.99 Å². The van der Waals surface area contributed by atoms with E-state index >= 15 is 0 Å². The summed E-state index contributed by atoms with van der Waals surface area (Å²) in [4.78, 5) is 6.52. The highest BCUT2D eigenvalue weighted by Gasteiger charge is 2.08. The summed E-state index contributed by atoms with van der Waals surface area (Å²) in [7, 11) is 3.83. The first-order chi connectivity index (χ1) is 14.6. The van der Waals surface area contributed by atoms with Gasteiger partial charge in [0.15, 0.2) is 5.96 Å². The lowest BCUT2D eigenvalue weighted by atomic mass is 10.1. The number of halogens is 1. The number of hydrogen-bond acceptors (Lipinski definition) is 3. The lowest BCUT2D eigenvalue weighted by molar-refractivity contribution is 0.287. The van der Waals surface area contributed by atoms with Crippen molar-refractivity contribution in [1.82, 2.24) is 15.5 Å². The van der Waals surface area contributed by atoms with Crippen LogP contribution >= 0.6 is 0 Å². The van der Waals surface area contributed by atoms with Gasteiger partial charge in [-0.1, -0.05) is 36.4 Å². The molecular formula is C24H29FN4O. The van der Waals surface area contributed by atoms with Gasteiger partial charge in [-0.2, -0.15) is 0 Å². The van der Waals surface area contributed by atoms with Gasteiger partial charge in [-0.3, -0.25) is 9.89 Å². The first-order valence-corrected chi connectivity index (χ1v) is 10.1. The number of nitrogens with zero attached hydrogens (tertiary/aromatic N) is 2. The Bertz CT molecular complexity index is 940. The summed E-state index contributed by atoms with van der Waals surface area (Å²) in [5, 5.41) is 6.66. The van der Waals surface area contributed by atoms with Crippen molar-refractivity contribution in [2.45, 2.75) is 26.1 Å². The summed E-state index contributed by atoms with van der Waals surface area (Å²) in [5.41, 5.74) is 3.44. The van der Waals surface area contributed by atoms with Crippen molar-refractivity contribution < 1.29 is 8.81 Å². The van der Waals surface area contributed by atoms with Gasteiger partial charge < -0.3 is 15.1 Å². The molecule has 1 aromatic heterocycles. The van der Waals surface area contributed by atoms with E-state index in [0.29, 0.717) is 13.1 Å². The normalized spacial score (nSPS) is 11.7. The summed E-state index contributed by atoms with van der Waals surface area (Å²) >= 11 is 0. The second-order valence-corrected chi connectivity index (χ2v) is 7.25. The molecule has 0 amide bonds. The lowest BCUT2D eigenvalue weighted by Crippen LogP contribution is -2.38. The molecule has 0 atom stereocenters. The Balaban J connectivity index is 1.50. The van der Waals surface area contributed by atoms with E-state index in [-0.39, 0.29) is 5.82 Å². The van der Waals surface area contributed by atoms with Gasteiger partial charge in [-0.15, -0.1) is 0 Å². The molecule has 0 bridgehead atoms. The quantitative estimate of drug-likeness (QED) is 0.416. The predicted octanol–water partition coefficient (Wildman–Crippen LogP) is 3.96. The largest absolute Gasteiger partial charge is 0.468 e. The zero-order valence-corrected chi connectivity index (χ0v) is 17.6. The Morgan fingerprint density at radius 2 is 1.83 bits per heavy atom. The van der Waals surface area contributed by atoms with Gasteiger partial charge in [0.1, 0.15) is 11.6 Å². The van der Waals surface area contributed by atoms with Gasteiger partial charge in [-0.05, 0) is 54.4 Å². The van der Waals surface area contributed by atoms with E-state index in [1.807, 2.05) is 24.3 Å². The van der Waals surface area contributed by atoms with Crippen LogP contribution in [0.25, 0.3) is 0 Å². The molecule has 5 nitrogen and oxygen atoms in total. The third-order valence-corrected chi connectivity index (χ3v) is 4.83. The molecule has 0 fully saturated rings. The predicted molar refractivity (Wildman–Crippen MR) is 119 cm³/mol. The minimum atomic E-state index is -0.205. The zero-order valence-electron chi connectivity index (χ0n) is 17.6. The molecule has 0 aliphatic heterocycles. The van der Waals surface area contributed by atoms with Crippen LogP contribution in [0.3, 0.4) is 0 Å². The van der Waals surface area contributed by atoms with E-state index in [1.165, 1.54) is 17.2 Å². The Kier molecular flexibility index (Phi) is 8.03. The van der Waals surface area contributed by atoms with E-state index in [9.17, 15) is 4.39 Å². The third-order valence-electron chi connectivity index (χ3n) is 4.83. The van der Waals surface area contributed by atoms with Gasteiger partial charge >= 0.3 is 0 Å². The van der Waals surface area contributed by atoms with Gasteiger partial charge in [0, 0.05) is 26.7 Å². The number of aliphatic imine (C=N–C) groups is 1. The molecule has 0 aliphatic carbocycles. The average Bonchev–Trinajstić information content (AvgIpc) is 3.24. The Morgan fingerprint density at radius 3 is 2.57 bits per heavy atom. The topological polar surface area (TPSA) is 52.8 Å². The second kappa shape index (κ2) is 11.2. The molecule has 0 unspecified atom stereocenters. The number of benzene rings is 2. The second-order valence-electron chi connectivity index (χ2n) is 7.25. The minimum absolute atomic E-state index is 0.205. The average molecular weight is 409 g/mol. The van der Waals surface area contributed by atoms with Crippen molar-refractivity contribution >= 4 is 5.96 Å². The number of guanidine groups is 1. The fourth-order valence-electron chi connectivity index (χ4n) is 3.32. The third kappa shape index (κ3) is 6.74. The molecular weight excluding hydrogens is 379 g/mol. The van der Waals surface area contributed by atoms with Crippen LogP contribution < -0.4 is 10.6 Å². The molecule has 0 radical (unpaired) electrons. The SMILES string of the molecule is CN=C(NCCc1cccc(F)c1)NCc1ccccc1CN(C)Cc1ccco1. The van der Waals surface area contributed by atoms with Crippen LogP contribution in [0.4, 0.5) is 4.39 Å². The van der Waals surface area contributed by atoms with Crippen LogP contribution in [-0.4, -0.2) is 31.5 Å². The molecule has 3 rings (SSSR count). The van der Waals surface area contributed by atoms with Crippen LogP contribution in [0, 0.1) is 5.82 Å². The Morgan fingerprint density at radius 1 is 1.00 bits per heavy atom. The number of nitrogens with one attached hydrogen (secondary N) is 2. The number of furan rings is 1. The fraction of sp³-hybridized carbons (Fsp3) is 0.292. The van der Waals surface area contributed by atoms with Crippen LogP contribution in [0.15, 0.2) is 76.3 Å². The van der Waals surface area contributed by atoms with Gasteiger partial charge in [0.05, 0.1) is 12.8 Å². The first kappa shape index (κ1) is 21.6. The van der Waals surface area contributed by atoms with Gasteiger partial charge in [-0.25, -0.2) is 4.39 Å². The maximum Gasteiger partial charge on any atom is 0.191 e. The number of rotatable bonds is 9. The Labute approximate surface area is 177 Å². The summed E-state index contributed by atoms with van der Waals surface area (Å²) in [6.07, 6.45) is 2.43. The van der Waals surface area contributed by atoms with Gasteiger partial charge in [0.2, 0.25) is 0 Å². The smallest absolute Gasteiger partial charge is 0.191 e. The van der Waals surface area contributed by atoms with Crippen LogP contribution in [0.1, 0.15) is 22.5 Å². The molecule has 0 spiro atoms. The molecule has 30 heavy (non-hydrogen) atoms. The highest BCUT2D eigenvalue weighted by Crippen LogP contribution is 2.13. The molecule has 3 aromatic rings. The summed E-state index contributed by atoms with van der Waals surface area (Å²) < 4.78 is 18.7. The maximum absolute atomic E-state index is 13.3. The van der Waals surface area contributed by atoms with Crippen LogP contribution in [-0.2, 0) is 26.1 Å². The van der Waals surface area contributed by atoms with Crippen LogP contribution in [0.2, 0.25) is 0 Å². The van der Waals surface area contributed by atoms with Gasteiger partial charge in [0.25, 0.3) is 0 Å². The molecule has 0 aliphatic rings. The molecule has 6 heteroatoms. The lowest BCUT2D eigenvalue weighted by Gasteiger charge is -2.19. The highest BCUT2D eigenvalue weighted by atomic mass is 19.1. The fourth-order valence-corrected chi connectivity index (χ4v) is 3.32. The molecule has 0 saturated carbocycles. The summed E-state index contributed by atoms with van der Waals surface area (Å²) in [6.45, 7) is 2.93. The molecule has 0 saturated heterocycles.